The molecule has 8 heteroatoms. The quantitative estimate of drug-likeness (QED) is 0.633. The SMILES string of the molecule is CN(CCNc1cc(=S)c2scc(Br)c2o1)[S+](C)[O-]. The van der Waals surface area contributed by atoms with Gasteiger partial charge in [-0.25, -0.2) is 0 Å². The second-order valence-corrected chi connectivity index (χ2v) is 7.56. The Hall–Kier alpha value is -0.120. The minimum atomic E-state index is -0.956. The van der Waals surface area contributed by atoms with Gasteiger partial charge in [-0.15, -0.1) is 15.6 Å². The highest BCUT2D eigenvalue weighted by molar-refractivity contribution is 9.10. The lowest BCUT2D eigenvalue weighted by atomic mass is 10.4. The summed E-state index contributed by atoms with van der Waals surface area (Å²) in [7, 11) is 1.81. The topological polar surface area (TPSA) is 51.5 Å². The molecule has 0 saturated carbocycles. The maximum absolute atomic E-state index is 11.2. The number of anilines is 1. The van der Waals surface area contributed by atoms with E-state index in [2.05, 4.69) is 21.2 Å². The van der Waals surface area contributed by atoms with Gasteiger partial charge in [0.15, 0.2) is 11.5 Å². The molecule has 2 aromatic rings. The van der Waals surface area contributed by atoms with Crippen molar-refractivity contribution < 1.29 is 8.97 Å². The molecule has 0 aliphatic carbocycles. The Kier molecular flexibility index (Phi) is 5.27. The normalized spacial score (nSPS) is 13.1. The minimum absolute atomic E-state index is 0.631. The summed E-state index contributed by atoms with van der Waals surface area (Å²) >= 11 is 9.37. The van der Waals surface area contributed by atoms with Crippen molar-refractivity contribution in [2.75, 3.05) is 31.7 Å². The number of thiophene rings is 1. The third-order valence-electron chi connectivity index (χ3n) is 2.57. The van der Waals surface area contributed by atoms with Crippen LogP contribution in [-0.4, -0.2) is 35.3 Å². The lowest BCUT2D eigenvalue weighted by Gasteiger charge is -2.16. The van der Waals surface area contributed by atoms with Gasteiger partial charge in [-0.3, -0.25) is 0 Å². The average molecular weight is 381 g/mol. The van der Waals surface area contributed by atoms with E-state index in [1.165, 1.54) is 0 Å². The molecular weight excluding hydrogens is 368 g/mol. The first-order valence-corrected chi connectivity index (χ1v) is 9.08. The summed E-state index contributed by atoms with van der Waals surface area (Å²) < 4.78 is 21.3. The molecule has 19 heavy (non-hydrogen) atoms. The van der Waals surface area contributed by atoms with Crippen LogP contribution in [0, 0.1) is 4.51 Å². The van der Waals surface area contributed by atoms with Crippen molar-refractivity contribution in [1.29, 1.82) is 0 Å². The monoisotopic (exact) mass is 380 g/mol. The van der Waals surface area contributed by atoms with Crippen LogP contribution in [0.4, 0.5) is 5.88 Å². The predicted octanol–water partition coefficient (Wildman–Crippen LogP) is 3.62. The lowest BCUT2D eigenvalue weighted by Crippen LogP contribution is -2.30. The standard InChI is InChI=1S/C11H13BrN2O2S3/c1-14(19(2)15)4-3-13-9-5-8(17)11-10(16-9)7(12)6-18-11/h5-6,13H,3-4H2,1-2H3. The van der Waals surface area contributed by atoms with Crippen molar-refractivity contribution in [2.24, 2.45) is 0 Å². The number of halogens is 1. The Morgan fingerprint density at radius 1 is 1.63 bits per heavy atom. The number of hydrogen-bond acceptors (Lipinski definition) is 6. The van der Waals surface area contributed by atoms with Gasteiger partial charge in [-0.05, 0) is 15.9 Å². The molecule has 2 aromatic heterocycles. The second kappa shape index (κ2) is 6.55. The fourth-order valence-corrected chi connectivity index (χ4v) is 3.61. The van der Waals surface area contributed by atoms with Gasteiger partial charge in [0.25, 0.3) is 0 Å². The summed E-state index contributed by atoms with van der Waals surface area (Å²) in [4.78, 5) is 0. The Labute approximate surface area is 132 Å². The van der Waals surface area contributed by atoms with E-state index in [9.17, 15) is 4.55 Å². The molecule has 104 valence electrons. The second-order valence-electron chi connectivity index (χ2n) is 3.92. The van der Waals surface area contributed by atoms with Crippen LogP contribution in [0.25, 0.3) is 10.3 Å². The molecule has 4 nitrogen and oxygen atoms in total. The highest BCUT2D eigenvalue weighted by Crippen LogP contribution is 2.33. The summed E-state index contributed by atoms with van der Waals surface area (Å²) in [5, 5.41) is 5.11. The molecule has 0 radical (unpaired) electrons. The molecule has 1 N–H and O–H groups in total. The van der Waals surface area contributed by atoms with Gasteiger partial charge in [-0.2, -0.15) is 0 Å². The first-order chi connectivity index (χ1) is 8.99. The van der Waals surface area contributed by atoms with Gasteiger partial charge in [-0.1, -0.05) is 12.2 Å². The number of hydrogen-bond donors (Lipinski definition) is 1. The van der Waals surface area contributed by atoms with Crippen molar-refractivity contribution in [3.05, 3.63) is 20.4 Å². The van der Waals surface area contributed by atoms with E-state index in [-0.39, 0.29) is 0 Å². The molecule has 0 saturated heterocycles. The van der Waals surface area contributed by atoms with Crippen molar-refractivity contribution >= 4 is 67.0 Å². The van der Waals surface area contributed by atoms with Crippen molar-refractivity contribution in [2.45, 2.75) is 0 Å². The predicted molar refractivity (Wildman–Crippen MR) is 87.8 cm³/mol. The summed E-state index contributed by atoms with van der Waals surface area (Å²) in [5.74, 6) is 0.631. The number of nitrogens with zero attached hydrogens (tertiary/aromatic N) is 1. The maximum Gasteiger partial charge on any atom is 0.195 e. The van der Waals surface area contributed by atoms with Crippen LogP contribution in [0.1, 0.15) is 0 Å². The van der Waals surface area contributed by atoms with E-state index in [4.69, 9.17) is 16.6 Å². The first-order valence-electron chi connectivity index (χ1n) is 5.48. The van der Waals surface area contributed by atoms with E-state index in [1.54, 1.807) is 21.9 Å². The molecular formula is C11H13BrN2O2S3. The Bertz CT molecular complexity index is 626. The van der Waals surface area contributed by atoms with Crippen LogP contribution in [0.5, 0.6) is 0 Å². The molecule has 0 spiro atoms. The smallest absolute Gasteiger partial charge is 0.195 e. The Balaban J connectivity index is 2.09. The van der Waals surface area contributed by atoms with Crippen molar-refractivity contribution in [3.63, 3.8) is 0 Å². The summed E-state index contributed by atoms with van der Waals surface area (Å²) in [6.07, 6.45) is 1.65. The summed E-state index contributed by atoms with van der Waals surface area (Å²) in [5.41, 5.74) is 0.771. The maximum atomic E-state index is 11.2. The Morgan fingerprint density at radius 2 is 2.37 bits per heavy atom. The Morgan fingerprint density at radius 3 is 3.05 bits per heavy atom. The lowest BCUT2D eigenvalue weighted by molar-refractivity contribution is 0.483. The molecule has 1 unspecified atom stereocenters. The molecule has 0 aromatic carbocycles. The van der Waals surface area contributed by atoms with Crippen molar-refractivity contribution in [1.82, 2.24) is 4.31 Å². The van der Waals surface area contributed by atoms with Gasteiger partial charge < -0.3 is 14.3 Å². The van der Waals surface area contributed by atoms with Crippen LogP contribution in [-0.2, 0) is 11.4 Å². The summed E-state index contributed by atoms with van der Waals surface area (Å²) in [6, 6.07) is 1.81. The van der Waals surface area contributed by atoms with E-state index >= 15 is 0 Å². The van der Waals surface area contributed by atoms with E-state index in [0.717, 1.165) is 19.3 Å². The van der Waals surface area contributed by atoms with Gasteiger partial charge >= 0.3 is 0 Å². The zero-order valence-corrected chi connectivity index (χ0v) is 14.5. The van der Waals surface area contributed by atoms with Crippen LogP contribution in [0.2, 0.25) is 0 Å². The number of likely N-dealkylation sites (N-methyl/N-ethyl adjacent to an activating group) is 1. The molecule has 1 atom stereocenters. The van der Waals surface area contributed by atoms with Crippen LogP contribution >= 0.6 is 39.5 Å². The molecule has 0 aliphatic heterocycles. The fraction of sp³-hybridized carbons (Fsp3) is 0.364. The highest BCUT2D eigenvalue weighted by atomic mass is 79.9. The van der Waals surface area contributed by atoms with Gasteiger partial charge in [0.05, 0.1) is 20.2 Å². The zero-order chi connectivity index (χ0) is 14.0. The molecule has 2 heterocycles. The number of fused-ring (bicyclic) bond motifs is 1. The number of nitrogens with one attached hydrogen (secondary N) is 1. The molecule has 0 bridgehead atoms. The van der Waals surface area contributed by atoms with E-state index in [0.29, 0.717) is 19.0 Å². The molecule has 0 amide bonds. The van der Waals surface area contributed by atoms with E-state index < -0.39 is 11.4 Å². The summed E-state index contributed by atoms with van der Waals surface area (Å²) in [6.45, 7) is 1.30. The van der Waals surface area contributed by atoms with Crippen LogP contribution < -0.4 is 5.32 Å². The van der Waals surface area contributed by atoms with Crippen molar-refractivity contribution in [3.8, 4) is 0 Å². The third kappa shape index (κ3) is 3.71. The van der Waals surface area contributed by atoms with Gasteiger partial charge in [0.1, 0.15) is 6.26 Å². The third-order valence-corrected chi connectivity index (χ3v) is 5.96. The number of rotatable bonds is 5. The van der Waals surface area contributed by atoms with Crippen LogP contribution in [0.3, 0.4) is 0 Å². The van der Waals surface area contributed by atoms with Gasteiger partial charge in [0, 0.05) is 36.4 Å². The molecule has 0 aliphatic rings. The average Bonchev–Trinajstić information content (AvgIpc) is 2.71. The first kappa shape index (κ1) is 15.3. The fourth-order valence-electron chi connectivity index (χ4n) is 1.47. The largest absolute Gasteiger partial charge is 0.598 e. The van der Waals surface area contributed by atoms with Gasteiger partial charge in [0.2, 0.25) is 0 Å². The highest BCUT2D eigenvalue weighted by Gasteiger charge is 2.10. The minimum Gasteiger partial charge on any atom is -0.598 e. The zero-order valence-electron chi connectivity index (χ0n) is 10.4. The molecule has 2 rings (SSSR count). The van der Waals surface area contributed by atoms with E-state index in [1.807, 2.05) is 18.5 Å². The molecule has 0 fully saturated rings. The van der Waals surface area contributed by atoms with Crippen LogP contribution in [0.15, 0.2) is 20.3 Å².